The van der Waals surface area contributed by atoms with Gasteiger partial charge in [0.05, 0.1) is 24.6 Å². The molecule has 1 aliphatic heterocycles. The molecule has 0 aliphatic carbocycles. The Morgan fingerprint density at radius 3 is 2.92 bits per heavy atom. The molecule has 0 bridgehead atoms. The standard InChI is InChI=1S/C10H14N2O/c1-7(2)8-5-13-6-9-10(8)12-4-3-11-9/h3-4,7-8H,5-6H2,1-2H3. The van der Waals surface area contributed by atoms with Crippen LogP contribution in [0.3, 0.4) is 0 Å². The molecular formula is C10H14N2O. The van der Waals surface area contributed by atoms with Gasteiger partial charge in [-0.25, -0.2) is 0 Å². The molecule has 0 radical (unpaired) electrons. The summed E-state index contributed by atoms with van der Waals surface area (Å²) < 4.78 is 5.47. The van der Waals surface area contributed by atoms with Gasteiger partial charge in [-0.2, -0.15) is 0 Å². The van der Waals surface area contributed by atoms with Crippen LogP contribution < -0.4 is 0 Å². The average molecular weight is 178 g/mol. The largest absolute Gasteiger partial charge is 0.374 e. The van der Waals surface area contributed by atoms with E-state index in [2.05, 4.69) is 23.8 Å². The number of fused-ring (bicyclic) bond motifs is 1. The minimum Gasteiger partial charge on any atom is -0.374 e. The van der Waals surface area contributed by atoms with E-state index in [-0.39, 0.29) is 0 Å². The third-order valence-corrected chi connectivity index (χ3v) is 2.50. The first-order valence-corrected chi connectivity index (χ1v) is 4.66. The molecule has 1 aromatic heterocycles. The number of rotatable bonds is 1. The lowest BCUT2D eigenvalue weighted by Crippen LogP contribution is -2.23. The van der Waals surface area contributed by atoms with E-state index in [0.717, 1.165) is 18.0 Å². The molecule has 2 rings (SSSR count). The lowest BCUT2D eigenvalue weighted by molar-refractivity contribution is 0.0739. The molecule has 1 aliphatic rings. The van der Waals surface area contributed by atoms with Crippen molar-refractivity contribution in [1.29, 1.82) is 0 Å². The zero-order valence-electron chi connectivity index (χ0n) is 8.03. The molecule has 1 aromatic rings. The van der Waals surface area contributed by atoms with Gasteiger partial charge in [0.25, 0.3) is 0 Å². The fourth-order valence-electron chi connectivity index (χ4n) is 1.67. The summed E-state index contributed by atoms with van der Waals surface area (Å²) in [4.78, 5) is 8.64. The second-order valence-electron chi connectivity index (χ2n) is 3.75. The molecule has 1 atom stereocenters. The van der Waals surface area contributed by atoms with Crippen LogP contribution in [0.25, 0.3) is 0 Å². The van der Waals surface area contributed by atoms with Gasteiger partial charge in [0.15, 0.2) is 0 Å². The molecule has 70 valence electrons. The summed E-state index contributed by atoms with van der Waals surface area (Å²) in [5.74, 6) is 0.980. The first kappa shape index (κ1) is 8.63. The fourth-order valence-corrected chi connectivity index (χ4v) is 1.67. The quantitative estimate of drug-likeness (QED) is 0.657. The van der Waals surface area contributed by atoms with Gasteiger partial charge in [-0.1, -0.05) is 13.8 Å². The monoisotopic (exact) mass is 178 g/mol. The summed E-state index contributed by atoms with van der Waals surface area (Å²) in [6, 6.07) is 0. The van der Waals surface area contributed by atoms with E-state index in [9.17, 15) is 0 Å². The van der Waals surface area contributed by atoms with Crippen molar-refractivity contribution in [3.63, 3.8) is 0 Å². The lowest BCUT2D eigenvalue weighted by Gasteiger charge is -2.26. The zero-order chi connectivity index (χ0) is 9.26. The molecule has 0 amide bonds. The first-order chi connectivity index (χ1) is 6.29. The van der Waals surface area contributed by atoms with Crippen LogP contribution >= 0.6 is 0 Å². The van der Waals surface area contributed by atoms with E-state index in [1.807, 2.05) is 0 Å². The fraction of sp³-hybridized carbons (Fsp3) is 0.600. The van der Waals surface area contributed by atoms with Crippen LogP contribution in [-0.4, -0.2) is 16.6 Å². The lowest BCUT2D eigenvalue weighted by atomic mass is 9.90. The predicted octanol–water partition coefficient (Wildman–Crippen LogP) is 1.75. The van der Waals surface area contributed by atoms with Crippen LogP contribution in [0.15, 0.2) is 12.4 Å². The van der Waals surface area contributed by atoms with E-state index < -0.39 is 0 Å². The maximum atomic E-state index is 5.47. The molecule has 2 heterocycles. The maximum absolute atomic E-state index is 5.47. The highest BCUT2D eigenvalue weighted by atomic mass is 16.5. The number of aromatic nitrogens is 2. The highest BCUT2D eigenvalue weighted by Crippen LogP contribution is 2.28. The van der Waals surface area contributed by atoms with Crippen molar-refractivity contribution in [2.24, 2.45) is 5.92 Å². The van der Waals surface area contributed by atoms with E-state index in [1.165, 1.54) is 0 Å². The van der Waals surface area contributed by atoms with Gasteiger partial charge in [0.2, 0.25) is 0 Å². The number of ether oxygens (including phenoxy) is 1. The van der Waals surface area contributed by atoms with Crippen LogP contribution in [0.1, 0.15) is 31.2 Å². The molecule has 0 saturated carbocycles. The molecular weight excluding hydrogens is 164 g/mol. The summed E-state index contributed by atoms with van der Waals surface area (Å²) in [5, 5.41) is 0. The average Bonchev–Trinajstić information content (AvgIpc) is 2.17. The van der Waals surface area contributed by atoms with E-state index >= 15 is 0 Å². The van der Waals surface area contributed by atoms with Crippen molar-refractivity contribution in [2.75, 3.05) is 6.61 Å². The minimum absolute atomic E-state index is 0.414. The Balaban J connectivity index is 2.37. The van der Waals surface area contributed by atoms with Crippen molar-refractivity contribution in [3.8, 4) is 0 Å². The smallest absolute Gasteiger partial charge is 0.0906 e. The Morgan fingerprint density at radius 2 is 2.15 bits per heavy atom. The van der Waals surface area contributed by atoms with E-state index in [1.54, 1.807) is 12.4 Å². The van der Waals surface area contributed by atoms with Crippen LogP contribution in [-0.2, 0) is 11.3 Å². The van der Waals surface area contributed by atoms with Gasteiger partial charge in [-0.05, 0) is 5.92 Å². The normalized spacial score (nSPS) is 21.6. The van der Waals surface area contributed by atoms with Gasteiger partial charge >= 0.3 is 0 Å². The van der Waals surface area contributed by atoms with Crippen molar-refractivity contribution >= 4 is 0 Å². The van der Waals surface area contributed by atoms with Crippen LogP contribution in [0, 0.1) is 5.92 Å². The van der Waals surface area contributed by atoms with Crippen LogP contribution in [0.5, 0.6) is 0 Å². The Bertz CT molecular complexity index is 299. The summed E-state index contributed by atoms with van der Waals surface area (Å²) in [6.45, 7) is 5.78. The van der Waals surface area contributed by atoms with Gasteiger partial charge in [-0.15, -0.1) is 0 Å². The summed E-state index contributed by atoms with van der Waals surface area (Å²) in [7, 11) is 0. The van der Waals surface area contributed by atoms with Crippen LogP contribution in [0.2, 0.25) is 0 Å². The van der Waals surface area contributed by atoms with Gasteiger partial charge in [0, 0.05) is 18.3 Å². The topological polar surface area (TPSA) is 35.0 Å². The Kier molecular flexibility index (Phi) is 2.27. The number of hydrogen-bond donors (Lipinski definition) is 0. The van der Waals surface area contributed by atoms with Crippen LogP contribution in [0.4, 0.5) is 0 Å². The van der Waals surface area contributed by atoms with Crippen molar-refractivity contribution in [2.45, 2.75) is 26.4 Å². The molecule has 0 N–H and O–H groups in total. The molecule has 0 aromatic carbocycles. The third kappa shape index (κ3) is 1.56. The molecule has 0 spiro atoms. The van der Waals surface area contributed by atoms with Crippen molar-refractivity contribution in [3.05, 3.63) is 23.8 Å². The Labute approximate surface area is 78.2 Å². The molecule has 13 heavy (non-hydrogen) atoms. The first-order valence-electron chi connectivity index (χ1n) is 4.66. The minimum atomic E-state index is 0.414. The Morgan fingerprint density at radius 1 is 1.38 bits per heavy atom. The molecule has 3 heteroatoms. The number of nitrogens with zero attached hydrogens (tertiary/aromatic N) is 2. The van der Waals surface area contributed by atoms with Crippen molar-refractivity contribution < 1.29 is 4.74 Å². The number of hydrogen-bond acceptors (Lipinski definition) is 3. The zero-order valence-corrected chi connectivity index (χ0v) is 8.03. The van der Waals surface area contributed by atoms with Gasteiger partial charge in [0.1, 0.15) is 0 Å². The third-order valence-electron chi connectivity index (χ3n) is 2.50. The second-order valence-corrected chi connectivity index (χ2v) is 3.75. The Hall–Kier alpha value is -0.960. The van der Waals surface area contributed by atoms with Crippen molar-refractivity contribution in [1.82, 2.24) is 9.97 Å². The van der Waals surface area contributed by atoms with E-state index in [0.29, 0.717) is 18.4 Å². The summed E-state index contributed by atoms with van der Waals surface area (Å²) >= 11 is 0. The predicted molar refractivity (Wildman–Crippen MR) is 49.3 cm³/mol. The molecule has 1 unspecified atom stereocenters. The molecule has 0 fully saturated rings. The highest BCUT2D eigenvalue weighted by molar-refractivity contribution is 5.17. The van der Waals surface area contributed by atoms with Gasteiger partial charge < -0.3 is 4.74 Å². The molecule has 0 saturated heterocycles. The molecule has 3 nitrogen and oxygen atoms in total. The van der Waals surface area contributed by atoms with Gasteiger partial charge in [-0.3, -0.25) is 9.97 Å². The van der Waals surface area contributed by atoms with E-state index in [4.69, 9.17) is 4.74 Å². The summed E-state index contributed by atoms with van der Waals surface area (Å²) in [5.41, 5.74) is 2.14. The SMILES string of the molecule is CC(C)C1COCc2nccnc21. The maximum Gasteiger partial charge on any atom is 0.0906 e. The summed E-state index contributed by atoms with van der Waals surface area (Å²) in [6.07, 6.45) is 3.49. The second kappa shape index (κ2) is 3.42. The highest BCUT2D eigenvalue weighted by Gasteiger charge is 2.25.